The van der Waals surface area contributed by atoms with Crippen LogP contribution in [0.4, 0.5) is 11.4 Å². The molecule has 3 rings (SSSR count). The van der Waals surface area contributed by atoms with Crippen LogP contribution in [0.5, 0.6) is 5.75 Å². The number of hydrogen-bond donors (Lipinski definition) is 2. The predicted molar refractivity (Wildman–Crippen MR) is 127 cm³/mol. The number of benzene rings is 2. The lowest BCUT2D eigenvalue weighted by Crippen LogP contribution is -2.50. The summed E-state index contributed by atoms with van der Waals surface area (Å²) >= 11 is 0. The van der Waals surface area contributed by atoms with E-state index < -0.39 is 5.97 Å². The van der Waals surface area contributed by atoms with Gasteiger partial charge in [0.2, 0.25) is 0 Å². The third kappa shape index (κ3) is 6.62. The number of nitrogens with zero attached hydrogens (tertiary/aromatic N) is 3. The van der Waals surface area contributed by atoms with Crippen LogP contribution in [0, 0.1) is 0 Å². The normalized spacial score (nSPS) is 14.4. The van der Waals surface area contributed by atoms with Gasteiger partial charge in [0.1, 0.15) is 5.75 Å². The molecule has 0 spiro atoms. The fourth-order valence-corrected chi connectivity index (χ4v) is 3.54. The van der Waals surface area contributed by atoms with E-state index in [2.05, 4.69) is 27.2 Å². The van der Waals surface area contributed by atoms with E-state index in [0.29, 0.717) is 25.4 Å². The molecular weight excluding hydrogens is 408 g/mol. The molecule has 8 nitrogen and oxygen atoms in total. The molecule has 1 fully saturated rings. The molecular formula is C24H32N4O4. The summed E-state index contributed by atoms with van der Waals surface area (Å²) in [4.78, 5) is 20.7. The van der Waals surface area contributed by atoms with Crippen LogP contribution < -0.4 is 15.0 Å². The molecule has 1 heterocycles. The van der Waals surface area contributed by atoms with E-state index in [0.717, 1.165) is 44.3 Å². The number of nitrogens with one attached hydrogen (secondary N) is 1. The zero-order chi connectivity index (χ0) is 22.8. The van der Waals surface area contributed by atoms with Crippen LogP contribution >= 0.6 is 0 Å². The second-order valence-electron chi connectivity index (χ2n) is 7.44. The number of carbonyl (C=O) groups is 1. The number of guanidine groups is 1. The van der Waals surface area contributed by atoms with Crippen molar-refractivity contribution in [1.29, 1.82) is 0 Å². The molecule has 1 aliphatic rings. The lowest BCUT2D eigenvalue weighted by atomic mass is 10.2. The first-order valence-electron chi connectivity index (χ1n) is 11.0. The number of rotatable bonds is 9. The minimum absolute atomic E-state index is 0.245. The molecule has 0 aliphatic carbocycles. The van der Waals surface area contributed by atoms with Gasteiger partial charge >= 0.3 is 5.97 Å². The summed E-state index contributed by atoms with van der Waals surface area (Å²) in [6, 6.07) is 14.9. The highest BCUT2D eigenvalue weighted by molar-refractivity contribution is 5.96. The van der Waals surface area contributed by atoms with Gasteiger partial charge in [0.05, 0.1) is 12.7 Å². The lowest BCUT2D eigenvalue weighted by Gasteiger charge is -2.37. The van der Waals surface area contributed by atoms with Crippen LogP contribution in [-0.4, -0.2) is 75.0 Å². The molecule has 2 aromatic carbocycles. The first kappa shape index (κ1) is 23.4. The molecule has 1 aliphatic heterocycles. The molecule has 0 atom stereocenters. The molecule has 2 aromatic rings. The summed E-state index contributed by atoms with van der Waals surface area (Å²) in [6.07, 6.45) is 0.833. The van der Waals surface area contributed by atoms with Gasteiger partial charge in [-0.05, 0) is 55.8 Å². The van der Waals surface area contributed by atoms with Crippen LogP contribution in [-0.2, 0) is 4.74 Å². The van der Waals surface area contributed by atoms with Gasteiger partial charge in [0.25, 0.3) is 0 Å². The zero-order valence-corrected chi connectivity index (χ0v) is 18.8. The average molecular weight is 441 g/mol. The van der Waals surface area contributed by atoms with Gasteiger partial charge in [-0.25, -0.2) is 4.79 Å². The SMILES string of the molecule is CCOCCCN=C(Nc1cccc(C(=O)O)c1)N1CCN(c2ccc(OC)cc2)CC1. The van der Waals surface area contributed by atoms with Crippen molar-refractivity contribution in [3.8, 4) is 5.75 Å². The van der Waals surface area contributed by atoms with Crippen molar-refractivity contribution < 1.29 is 19.4 Å². The molecule has 0 unspecified atom stereocenters. The molecule has 0 aromatic heterocycles. The number of hydrogen-bond acceptors (Lipinski definition) is 5. The number of anilines is 2. The molecule has 0 radical (unpaired) electrons. The Balaban J connectivity index is 1.67. The van der Waals surface area contributed by atoms with E-state index in [1.807, 2.05) is 25.1 Å². The summed E-state index contributed by atoms with van der Waals surface area (Å²) in [5.74, 6) is 0.664. The minimum Gasteiger partial charge on any atom is -0.497 e. The summed E-state index contributed by atoms with van der Waals surface area (Å²) in [5, 5.41) is 12.6. The Morgan fingerprint density at radius 2 is 1.88 bits per heavy atom. The van der Waals surface area contributed by atoms with Crippen molar-refractivity contribution in [2.45, 2.75) is 13.3 Å². The molecule has 172 valence electrons. The number of piperazine rings is 1. The molecule has 0 amide bonds. The van der Waals surface area contributed by atoms with E-state index in [1.54, 1.807) is 25.3 Å². The van der Waals surface area contributed by atoms with Crippen molar-refractivity contribution in [3.63, 3.8) is 0 Å². The van der Waals surface area contributed by atoms with Crippen LogP contribution in [0.3, 0.4) is 0 Å². The number of methoxy groups -OCH3 is 1. The molecule has 2 N–H and O–H groups in total. The molecule has 8 heteroatoms. The van der Waals surface area contributed by atoms with Crippen LogP contribution in [0.2, 0.25) is 0 Å². The smallest absolute Gasteiger partial charge is 0.335 e. The number of ether oxygens (including phenoxy) is 2. The second-order valence-corrected chi connectivity index (χ2v) is 7.44. The first-order valence-corrected chi connectivity index (χ1v) is 11.0. The summed E-state index contributed by atoms with van der Waals surface area (Å²) < 4.78 is 10.7. The molecule has 0 bridgehead atoms. The third-order valence-corrected chi connectivity index (χ3v) is 5.29. The van der Waals surface area contributed by atoms with Crippen molar-refractivity contribution in [2.24, 2.45) is 4.99 Å². The predicted octanol–water partition coefficient (Wildman–Crippen LogP) is 3.41. The second kappa shape index (κ2) is 12.0. The maximum Gasteiger partial charge on any atom is 0.335 e. The number of aliphatic imine (C=N–C) groups is 1. The lowest BCUT2D eigenvalue weighted by molar-refractivity contribution is 0.0697. The Morgan fingerprint density at radius 3 is 2.53 bits per heavy atom. The Morgan fingerprint density at radius 1 is 1.12 bits per heavy atom. The highest BCUT2D eigenvalue weighted by Crippen LogP contribution is 2.21. The maximum absolute atomic E-state index is 11.3. The fourth-order valence-electron chi connectivity index (χ4n) is 3.54. The topological polar surface area (TPSA) is 86.6 Å². The van der Waals surface area contributed by atoms with E-state index in [1.165, 1.54) is 5.69 Å². The van der Waals surface area contributed by atoms with Crippen molar-refractivity contribution >= 4 is 23.3 Å². The van der Waals surface area contributed by atoms with Crippen molar-refractivity contribution in [1.82, 2.24) is 4.90 Å². The van der Waals surface area contributed by atoms with Crippen LogP contribution in [0.25, 0.3) is 0 Å². The number of carboxylic acids is 1. The fraction of sp³-hybridized carbons (Fsp3) is 0.417. The maximum atomic E-state index is 11.3. The highest BCUT2D eigenvalue weighted by atomic mass is 16.5. The van der Waals surface area contributed by atoms with Crippen LogP contribution in [0.1, 0.15) is 23.7 Å². The standard InChI is InChI=1S/C24H32N4O4/c1-3-32-17-5-12-25-24(26-20-7-4-6-19(18-20)23(29)30)28-15-13-27(14-16-28)21-8-10-22(31-2)11-9-21/h4,6-11,18H,3,5,12-17H2,1-2H3,(H,25,26)(H,29,30). The summed E-state index contributed by atoms with van der Waals surface area (Å²) in [7, 11) is 1.67. The van der Waals surface area contributed by atoms with Gasteiger partial charge in [-0.1, -0.05) is 6.07 Å². The number of aromatic carboxylic acids is 1. The molecule has 0 saturated carbocycles. The monoisotopic (exact) mass is 440 g/mol. The van der Waals surface area contributed by atoms with Gasteiger partial charge < -0.3 is 29.7 Å². The summed E-state index contributed by atoms with van der Waals surface area (Å²) in [6.45, 7) is 7.33. The van der Waals surface area contributed by atoms with Gasteiger partial charge in [-0.15, -0.1) is 0 Å². The van der Waals surface area contributed by atoms with Gasteiger partial charge in [-0.3, -0.25) is 4.99 Å². The van der Waals surface area contributed by atoms with E-state index in [9.17, 15) is 9.90 Å². The first-order chi connectivity index (χ1) is 15.6. The van der Waals surface area contributed by atoms with Crippen molar-refractivity contribution in [3.05, 3.63) is 54.1 Å². The summed E-state index contributed by atoms with van der Waals surface area (Å²) in [5.41, 5.74) is 2.13. The minimum atomic E-state index is -0.947. The third-order valence-electron chi connectivity index (χ3n) is 5.29. The van der Waals surface area contributed by atoms with Gasteiger partial charge in [0.15, 0.2) is 5.96 Å². The Labute approximate surface area is 189 Å². The average Bonchev–Trinajstić information content (AvgIpc) is 2.83. The largest absolute Gasteiger partial charge is 0.497 e. The Bertz CT molecular complexity index is 893. The van der Waals surface area contributed by atoms with Crippen molar-refractivity contribution in [2.75, 3.05) is 63.3 Å². The quantitative estimate of drug-likeness (QED) is 0.351. The van der Waals surface area contributed by atoms with E-state index in [4.69, 9.17) is 14.5 Å². The van der Waals surface area contributed by atoms with Gasteiger partial charge in [0, 0.05) is 57.3 Å². The van der Waals surface area contributed by atoms with E-state index >= 15 is 0 Å². The Kier molecular flexibility index (Phi) is 8.74. The highest BCUT2D eigenvalue weighted by Gasteiger charge is 2.20. The zero-order valence-electron chi connectivity index (χ0n) is 18.8. The van der Waals surface area contributed by atoms with E-state index in [-0.39, 0.29) is 5.56 Å². The Hall–Kier alpha value is -3.26. The van der Waals surface area contributed by atoms with Gasteiger partial charge in [-0.2, -0.15) is 0 Å². The number of carboxylic acid groups (broad SMARTS) is 1. The van der Waals surface area contributed by atoms with Crippen LogP contribution in [0.15, 0.2) is 53.5 Å². The molecule has 32 heavy (non-hydrogen) atoms. The molecule has 1 saturated heterocycles.